The van der Waals surface area contributed by atoms with Gasteiger partial charge in [-0.1, -0.05) is 13.0 Å². The van der Waals surface area contributed by atoms with E-state index >= 15 is 0 Å². The summed E-state index contributed by atoms with van der Waals surface area (Å²) >= 11 is 0. The Morgan fingerprint density at radius 1 is 1.38 bits per heavy atom. The predicted molar refractivity (Wildman–Crippen MR) is 52.5 cm³/mol. The van der Waals surface area contributed by atoms with Crippen molar-refractivity contribution in [3.05, 3.63) is 29.3 Å². The lowest BCUT2D eigenvalue weighted by atomic mass is 10.0. The van der Waals surface area contributed by atoms with Gasteiger partial charge in [-0.05, 0) is 24.6 Å². The zero-order valence-corrected chi connectivity index (χ0v) is 8.89. The fourth-order valence-corrected chi connectivity index (χ4v) is 1.29. The lowest BCUT2D eigenvalue weighted by molar-refractivity contribution is -0.274. The van der Waals surface area contributed by atoms with Crippen LogP contribution in [0, 0.1) is 6.92 Å². The summed E-state index contributed by atoms with van der Waals surface area (Å²) in [7, 11) is 0. The number of Topliss-reactive ketones (excluding diaryl/α,β-unsaturated/α-hetero) is 1. The Hall–Kier alpha value is -1.52. The minimum Gasteiger partial charge on any atom is -0.406 e. The molecule has 0 unspecified atom stereocenters. The van der Waals surface area contributed by atoms with E-state index in [9.17, 15) is 18.0 Å². The van der Waals surface area contributed by atoms with Gasteiger partial charge in [0.05, 0.1) is 0 Å². The van der Waals surface area contributed by atoms with Gasteiger partial charge >= 0.3 is 6.36 Å². The zero-order valence-electron chi connectivity index (χ0n) is 8.89. The molecule has 16 heavy (non-hydrogen) atoms. The van der Waals surface area contributed by atoms with Crippen LogP contribution in [0.25, 0.3) is 0 Å². The van der Waals surface area contributed by atoms with E-state index in [2.05, 4.69) is 4.74 Å². The average molecular weight is 232 g/mol. The molecule has 0 aliphatic carbocycles. The number of hydrogen-bond donors (Lipinski definition) is 0. The third-order valence-electron chi connectivity index (χ3n) is 2.06. The van der Waals surface area contributed by atoms with E-state index in [4.69, 9.17) is 0 Å². The van der Waals surface area contributed by atoms with Crippen molar-refractivity contribution in [3.63, 3.8) is 0 Å². The van der Waals surface area contributed by atoms with Crippen molar-refractivity contribution in [1.29, 1.82) is 0 Å². The monoisotopic (exact) mass is 232 g/mol. The fraction of sp³-hybridized carbons (Fsp3) is 0.364. The third-order valence-corrected chi connectivity index (χ3v) is 2.06. The molecular formula is C11H11F3O2. The first-order chi connectivity index (χ1) is 7.33. The van der Waals surface area contributed by atoms with Crippen LogP contribution < -0.4 is 4.74 Å². The number of aryl methyl sites for hydroxylation is 1. The molecule has 0 saturated heterocycles. The lowest BCUT2D eigenvalue weighted by Gasteiger charge is -2.11. The Morgan fingerprint density at radius 3 is 2.50 bits per heavy atom. The molecule has 0 aromatic heterocycles. The van der Waals surface area contributed by atoms with Gasteiger partial charge in [-0.15, -0.1) is 13.2 Å². The smallest absolute Gasteiger partial charge is 0.406 e. The highest BCUT2D eigenvalue weighted by Gasteiger charge is 2.31. The summed E-state index contributed by atoms with van der Waals surface area (Å²) in [4.78, 5) is 11.4. The molecule has 1 rings (SSSR count). The molecule has 0 bridgehead atoms. The van der Waals surface area contributed by atoms with E-state index in [1.807, 2.05) is 0 Å². The molecule has 0 atom stereocenters. The molecule has 2 nitrogen and oxygen atoms in total. The van der Waals surface area contributed by atoms with Gasteiger partial charge in [-0.2, -0.15) is 0 Å². The molecule has 0 heterocycles. The molecule has 0 aliphatic heterocycles. The molecule has 0 spiro atoms. The highest BCUT2D eigenvalue weighted by molar-refractivity contribution is 5.97. The number of carbonyl (C=O) groups is 1. The number of benzene rings is 1. The van der Waals surface area contributed by atoms with E-state index in [0.717, 1.165) is 6.07 Å². The summed E-state index contributed by atoms with van der Waals surface area (Å²) in [6, 6.07) is 3.74. The van der Waals surface area contributed by atoms with Crippen molar-refractivity contribution >= 4 is 5.78 Å². The van der Waals surface area contributed by atoms with Gasteiger partial charge in [0.25, 0.3) is 0 Å². The van der Waals surface area contributed by atoms with Gasteiger partial charge < -0.3 is 4.74 Å². The summed E-state index contributed by atoms with van der Waals surface area (Å²) in [6.07, 6.45) is -4.49. The standard InChI is InChI=1S/C11H11F3O2/c1-3-10(15)9-6-8(5-4-7(9)2)16-11(12,13)14/h4-6H,3H2,1-2H3. The van der Waals surface area contributed by atoms with Crippen molar-refractivity contribution in [3.8, 4) is 5.75 Å². The van der Waals surface area contributed by atoms with Gasteiger partial charge in [-0.25, -0.2) is 0 Å². The highest BCUT2D eigenvalue weighted by atomic mass is 19.4. The summed E-state index contributed by atoms with van der Waals surface area (Å²) in [5.41, 5.74) is 0.908. The van der Waals surface area contributed by atoms with E-state index in [1.54, 1.807) is 13.8 Å². The van der Waals surface area contributed by atoms with Crippen molar-refractivity contribution in [2.45, 2.75) is 26.6 Å². The summed E-state index contributed by atoms with van der Waals surface area (Å²) in [5.74, 6) is -0.569. The van der Waals surface area contributed by atoms with E-state index in [-0.39, 0.29) is 23.5 Å². The molecule has 0 aliphatic rings. The van der Waals surface area contributed by atoms with Crippen LogP contribution in [0.15, 0.2) is 18.2 Å². The lowest BCUT2D eigenvalue weighted by Crippen LogP contribution is -2.17. The van der Waals surface area contributed by atoms with E-state index < -0.39 is 6.36 Å². The molecule has 0 fully saturated rings. The van der Waals surface area contributed by atoms with Crippen molar-refractivity contribution in [1.82, 2.24) is 0 Å². The number of rotatable bonds is 3. The van der Waals surface area contributed by atoms with Gasteiger partial charge in [0, 0.05) is 12.0 Å². The van der Waals surface area contributed by atoms with Crippen molar-refractivity contribution < 1.29 is 22.7 Å². The Morgan fingerprint density at radius 2 is 2.00 bits per heavy atom. The topological polar surface area (TPSA) is 26.3 Å². The molecule has 0 saturated carbocycles. The fourth-order valence-electron chi connectivity index (χ4n) is 1.29. The van der Waals surface area contributed by atoms with Gasteiger partial charge in [0.2, 0.25) is 0 Å². The van der Waals surface area contributed by atoms with Crippen LogP contribution in [0.4, 0.5) is 13.2 Å². The number of ketones is 1. The highest BCUT2D eigenvalue weighted by Crippen LogP contribution is 2.25. The first-order valence-electron chi connectivity index (χ1n) is 4.73. The Kier molecular flexibility index (Phi) is 3.57. The molecule has 5 heteroatoms. The SMILES string of the molecule is CCC(=O)c1cc(OC(F)(F)F)ccc1C. The Bertz CT molecular complexity index is 397. The first-order valence-corrected chi connectivity index (χ1v) is 4.73. The second-order valence-electron chi connectivity index (χ2n) is 3.30. The molecule has 0 amide bonds. The minimum absolute atomic E-state index is 0.204. The molecule has 88 valence electrons. The quantitative estimate of drug-likeness (QED) is 0.745. The van der Waals surface area contributed by atoms with Crippen LogP contribution in [-0.4, -0.2) is 12.1 Å². The van der Waals surface area contributed by atoms with Gasteiger partial charge in [-0.3, -0.25) is 4.79 Å². The molecule has 0 radical (unpaired) electrons. The minimum atomic E-state index is -4.73. The number of alkyl halides is 3. The van der Waals surface area contributed by atoms with Gasteiger partial charge in [0.15, 0.2) is 5.78 Å². The number of ether oxygens (including phenoxy) is 1. The zero-order chi connectivity index (χ0) is 12.3. The summed E-state index contributed by atoms with van der Waals surface area (Å²) in [6.45, 7) is 3.32. The first kappa shape index (κ1) is 12.5. The van der Waals surface area contributed by atoms with Crippen LogP contribution in [0.2, 0.25) is 0 Å². The number of halogens is 3. The maximum absolute atomic E-state index is 11.9. The average Bonchev–Trinajstić information content (AvgIpc) is 2.18. The summed E-state index contributed by atoms with van der Waals surface area (Å²) < 4.78 is 39.6. The molecule has 1 aromatic carbocycles. The number of carbonyl (C=O) groups excluding carboxylic acids is 1. The summed E-state index contributed by atoms with van der Waals surface area (Å²) in [5, 5.41) is 0. The van der Waals surface area contributed by atoms with Crippen molar-refractivity contribution in [2.24, 2.45) is 0 Å². The largest absolute Gasteiger partial charge is 0.573 e. The van der Waals surface area contributed by atoms with Crippen LogP contribution in [0.5, 0.6) is 5.75 Å². The Labute approximate surface area is 91.0 Å². The van der Waals surface area contributed by atoms with Crippen LogP contribution in [-0.2, 0) is 0 Å². The van der Waals surface area contributed by atoms with Crippen LogP contribution in [0.1, 0.15) is 29.3 Å². The molecular weight excluding hydrogens is 221 g/mol. The van der Waals surface area contributed by atoms with Crippen LogP contribution in [0.3, 0.4) is 0 Å². The van der Waals surface area contributed by atoms with Gasteiger partial charge in [0.1, 0.15) is 5.75 Å². The maximum Gasteiger partial charge on any atom is 0.573 e. The molecule has 1 aromatic rings. The molecule has 0 N–H and O–H groups in total. The third kappa shape index (κ3) is 3.25. The van der Waals surface area contributed by atoms with Crippen LogP contribution >= 0.6 is 0 Å². The van der Waals surface area contributed by atoms with E-state index in [0.29, 0.717) is 5.56 Å². The Balaban J connectivity index is 3.03. The number of hydrogen-bond acceptors (Lipinski definition) is 2. The predicted octanol–water partition coefficient (Wildman–Crippen LogP) is 3.49. The van der Waals surface area contributed by atoms with E-state index in [1.165, 1.54) is 12.1 Å². The maximum atomic E-state index is 11.9. The normalized spacial score (nSPS) is 11.3. The second kappa shape index (κ2) is 4.55. The second-order valence-corrected chi connectivity index (χ2v) is 3.30. The van der Waals surface area contributed by atoms with Crippen molar-refractivity contribution in [2.75, 3.05) is 0 Å².